The van der Waals surface area contributed by atoms with Crippen LogP contribution in [-0.4, -0.2) is 87.8 Å². The molecule has 12 nitrogen and oxygen atoms in total. The highest BCUT2D eigenvalue weighted by Crippen LogP contribution is 2.29. The smallest absolute Gasteiger partial charge is 0.494 e. The second-order valence-corrected chi connectivity index (χ2v) is 7.36. The molecule has 0 saturated carbocycles. The van der Waals surface area contributed by atoms with Crippen molar-refractivity contribution >= 4 is 23.9 Å². The van der Waals surface area contributed by atoms with Crippen LogP contribution in [-0.2, 0) is 25.7 Å². The van der Waals surface area contributed by atoms with E-state index in [9.17, 15) is 32.3 Å². The first-order valence-electron chi connectivity index (χ1n) is 10.9. The van der Waals surface area contributed by atoms with Gasteiger partial charge >= 0.3 is 30.2 Å². The molecule has 5 N–H and O–H groups in total. The molecule has 1 atom stereocenters. The number of rotatable bonds is 9. The Morgan fingerprint density at radius 2 is 1.50 bits per heavy atom. The molecular formula is C23H29F3N2O10. The van der Waals surface area contributed by atoms with Crippen molar-refractivity contribution in [3.63, 3.8) is 0 Å². The maximum absolute atomic E-state index is 12.4. The van der Waals surface area contributed by atoms with Crippen LogP contribution in [0.4, 0.5) is 13.2 Å². The molecule has 1 aromatic carbocycles. The van der Waals surface area contributed by atoms with E-state index in [0.717, 1.165) is 19.6 Å². The lowest BCUT2D eigenvalue weighted by Gasteiger charge is -2.32. The zero-order chi connectivity index (χ0) is 29.3. The van der Waals surface area contributed by atoms with Crippen molar-refractivity contribution in [1.29, 1.82) is 0 Å². The van der Waals surface area contributed by atoms with E-state index in [2.05, 4.69) is 21.9 Å². The third-order valence-corrected chi connectivity index (χ3v) is 4.15. The van der Waals surface area contributed by atoms with Gasteiger partial charge in [-0.05, 0) is 32.0 Å². The molecule has 0 aromatic heterocycles. The normalized spacial score (nSPS) is 15.6. The number of carboxylic acid groups (broad SMARTS) is 4. The van der Waals surface area contributed by atoms with Crippen LogP contribution in [0.25, 0.3) is 0 Å². The Balaban J connectivity index is 0.000000705. The van der Waals surface area contributed by atoms with Crippen molar-refractivity contribution in [2.75, 3.05) is 26.2 Å². The molecule has 0 spiro atoms. The summed E-state index contributed by atoms with van der Waals surface area (Å²) in [6.45, 7) is 7.48. The van der Waals surface area contributed by atoms with E-state index >= 15 is 0 Å². The molecule has 1 fully saturated rings. The monoisotopic (exact) mass is 550 g/mol. The Bertz CT molecular complexity index is 930. The lowest BCUT2D eigenvalue weighted by molar-refractivity contribution is -0.274. The van der Waals surface area contributed by atoms with Gasteiger partial charge in [-0.3, -0.25) is 4.90 Å². The van der Waals surface area contributed by atoms with Crippen LogP contribution in [0.1, 0.15) is 19.4 Å². The summed E-state index contributed by atoms with van der Waals surface area (Å²) < 4.78 is 46.6. The quantitative estimate of drug-likeness (QED) is 0.283. The first-order valence-corrected chi connectivity index (χ1v) is 10.9. The van der Waals surface area contributed by atoms with Crippen molar-refractivity contribution in [1.82, 2.24) is 10.2 Å². The van der Waals surface area contributed by atoms with Crippen LogP contribution >= 0.6 is 0 Å². The number of aliphatic carboxylic acids is 4. The van der Waals surface area contributed by atoms with Gasteiger partial charge in [-0.25, -0.2) is 19.2 Å². The third kappa shape index (κ3) is 18.2. The van der Waals surface area contributed by atoms with Gasteiger partial charge in [0.05, 0.1) is 6.61 Å². The molecule has 15 heteroatoms. The van der Waals surface area contributed by atoms with Gasteiger partial charge in [0.1, 0.15) is 11.5 Å². The molecule has 2 rings (SSSR count). The van der Waals surface area contributed by atoms with Crippen LogP contribution in [0.5, 0.6) is 11.5 Å². The van der Waals surface area contributed by atoms with Gasteiger partial charge in [0, 0.05) is 62.1 Å². The van der Waals surface area contributed by atoms with E-state index < -0.39 is 30.2 Å². The van der Waals surface area contributed by atoms with Gasteiger partial charge in [0.25, 0.3) is 0 Å². The van der Waals surface area contributed by atoms with Gasteiger partial charge in [-0.15, -0.1) is 13.2 Å². The van der Waals surface area contributed by atoms with Gasteiger partial charge in [0.2, 0.25) is 0 Å². The molecule has 0 unspecified atom stereocenters. The molecular weight excluding hydrogens is 521 g/mol. The summed E-state index contributed by atoms with van der Waals surface area (Å²) >= 11 is 0. The fourth-order valence-corrected chi connectivity index (χ4v) is 2.85. The second-order valence-electron chi connectivity index (χ2n) is 7.36. The number of hydrogen-bond donors (Lipinski definition) is 5. The van der Waals surface area contributed by atoms with Crippen molar-refractivity contribution in [2.24, 2.45) is 0 Å². The largest absolute Gasteiger partial charge is 0.573 e. The summed E-state index contributed by atoms with van der Waals surface area (Å²) in [6, 6.07) is 4.58. The van der Waals surface area contributed by atoms with Gasteiger partial charge < -0.3 is 35.2 Å². The van der Waals surface area contributed by atoms with Crippen LogP contribution in [0.2, 0.25) is 0 Å². The summed E-state index contributed by atoms with van der Waals surface area (Å²) in [5.74, 6) is -4.64. The van der Waals surface area contributed by atoms with E-state index in [1.165, 1.54) is 18.2 Å². The molecule has 1 aliphatic heterocycles. The standard InChI is InChI=1S/C15H21F3N2O2.2C4H4O4/c1-3-21-14-5-4-13(22-15(16,17)18)8-12(14)10-20-7-6-19-11(2)9-20;2*5-3(6)1-2-4(7)8/h4-5,8,11,19H,3,6-7,9-10H2,1-2H3;2*1-2H,(H,5,6)(H,7,8)/b;2*2-1+/t11-;;/m0../s1. The number of nitrogens with zero attached hydrogens (tertiary/aromatic N) is 1. The molecule has 212 valence electrons. The van der Waals surface area contributed by atoms with Crippen LogP contribution in [0.3, 0.4) is 0 Å². The maximum atomic E-state index is 12.4. The van der Waals surface area contributed by atoms with Crippen molar-refractivity contribution in [3.05, 3.63) is 48.1 Å². The third-order valence-electron chi connectivity index (χ3n) is 4.15. The average Bonchev–Trinajstić information content (AvgIpc) is 2.78. The summed E-state index contributed by atoms with van der Waals surface area (Å²) in [5, 5.41) is 34.6. The Morgan fingerprint density at radius 3 is 1.89 bits per heavy atom. The first kappa shape index (κ1) is 33.9. The van der Waals surface area contributed by atoms with Crippen LogP contribution < -0.4 is 14.8 Å². The molecule has 0 radical (unpaired) electrons. The summed E-state index contributed by atoms with van der Waals surface area (Å²) in [6.07, 6.45) is -2.46. The van der Waals surface area contributed by atoms with Crippen LogP contribution in [0, 0.1) is 0 Å². The van der Waals surface area contributed by atoms with E-state index in [0.29, 0.717) is 54.8 Å². The molecule has 38 heavy (non-hydrogen) atoms. The summed E-state index contributed by atoms with van der Waals surface area (Å²) in [5.41, 5.74) is 0.706. The minimum Gasteiger partial charge on any atom is -0.494 e. The minimum atomic E-state index is -4.69. The molecule has 1 heterocycles. The highest BCUT2D eigenvalue weighted by atomic mass is 19.4. The molecule has 0 bridgehead atoms. The fourth-order valence-electron chi connectivity index (χ4n) is 2.85. The number of ether oxygens (including phenoxy) is 2. The summed E-state index contributed by atoms with van der Waals surface area (Å²) in [4.78, 5) is 40.4. The Labute approximate surface area is 215 Å². The van der Waals surface area contributed by atoms with Gasteiger partial charge in [-0.2, -0.15) is 0 Å². The number of halogens is 3. The second kappa shape index (κ2) is 17.4. The first-order chi connectivity index (χ1) is 17.6. The van der Waals surface area contributed by atoms with Crippen molar-refractivity contribution < 1.29 is 62.2 Å². The zero-order valence-corrected chi connectivity index (χ0v) is 20.5. The zero-order valence-electron chi connectivity index (χ0n) is 20.5. The lowest BCUT2D eigenvalue weighted by Crippen LogP contribution is -2.48. The van der Waals surface area contributed by atoms with E-state index in [1.807, 2.05) is 6.92 Å². The number of carbonyl (C=O) groups is 4. The molecule has 0 aliphatic carbocycles. The number of hydrogen-bond acceptors (Lipinski definition) is 8. The van der Waals surface area contributed by atoms with E-state index in [4.69, 9.17) is 25.2 Å². The highest BCUT2D eigenvalue weighted by molar-refractivity contribution is 5.90. The Morgan fingerprint density at radius 1 is 1.00 bits per heavy atom. The lowest BCUT2D eigenvalue weighted by atomic mass is 10.1. The minimum absolute atomic E-state index is 0.214. The predicted molar refractivity (Wildman–Crippen MR) is 126 cm³/mol. The molecule has 1 aliphatic rings. The SMILES string of the molecule is CCOc1ccc(OC(F)(F)F)cc1CN1CCN[C@@H](C)C1.O=C(O)/C=C/C(=O)O.O=C(O)/C=C/C(=O)O. The number of nitrogens with one attached hydrogen (secondary N) is 1. The molecule has 1 aromatic rings. The number of alkyl halides is 3. The Hall–Kier alpha value is -4.11. The number of benzene rings is 1. The summed E-state index contributed by atoms with van der Waals surface area (Å²) in [7, 11) is 0. The highest BCUT2D eigenvalue weighted by Gasteiger charge is 2.31. The molecule has 1 saturated heterocycles. The molecule has 0 amide bonds. The fraction of sp³-hybridized carbons (Fsp3) is 0.391. The van der Waals surface area contributed by atoms with Crippen molar-refractivity contribution in [2.45, 2.75) is 32.8 Å². The number of piperazine rings is 1. The topological polar surface area (TPSA) is 183 Å². The van der Waals surface area contributed by atoms with Crippen molar-refractivity contribution in [3.8, 4) is 11.5 Å². The van der Waals surface area contributed by atoms with Crippen LogP contribution in [0.15, 0.2) is 42.5 Å². The predicted octanol–water partition coefficient (Wildman–Crippen LogP) is 2.20. The average molecular weight is 550 g/mol. The Kier molecular flexibility index (Phi) is 15.5. The van der Waals surface area contributed by atoms with E-state index in [-0.39, 0.29) is 5.75 Å². The van der Waals surface area contributed by atoms with E-state index in [1.54, 1.807) is 0 Å². The van der Waals surface area contributed by atoms with Gasteiger partial charge in [0.15, 0.2) is 0 Å². The number of carboxylic acids is 4. The maximum Gasteiger partial charge on any atom is 0.573 e. The van der Waals surface area contributed by atoms with Gasteiger partial charge in [-0.1, -0.05) is 0 Å².